The maximum atomic E-state index is 8.78. The van der Waals surface area contributed by atoms with Gasteiger partial charge < -0.3 is 10.2 Å². The van der Waals surface area contributed by atoms with Crippen molar-refractivity contribution in [2.45, 2.75) is 0 Å². The van der Waals surface area contributed by atoms with E-state index < -0.39 is 5.95 Å². The van der Waals surface area contributed by atoms with E-state index >= 15 is 0 Å². The van der Waals surface area contributed by atoms with E-state index in [1.165, 1.54) is 0 Å². The molecular formula is C2H2O2-2. The summed E-state index contributed by atoms with van der Waals surface area (Å²) >= 11 is 0. The van der Waals surface area contributed by atoms with Crippen LogP contribution in [0, 0.1) is 0 Å². The van der Waals surface area contributed by atoms with Gasteiger partial charge in [0.15, 0.2) is 0 Å². The zero-order chi connectivity index (χ0) is 3.58. The van der Waals surface area contributed by atoms with Gasteiger partial charge in [0, 0.05) is 0 Å². The lowest BCUT2D eigenvalue weighted by molar-refractivity contribution is -0.512. The summed E-state index contributed by atoms with van der Waals surface area (Å²) in [7, 11) is 0. The van der Waals surface area contributed by atoms with E-state index in [9.17, 15) is 0 Å². The van der Waals surface area contributed by atoms with Gasteiger partial charge in [-0.15, -0.1) is 6.58 Å². The van der Waals surface area contributed by atoms with Crippen LogP contribution in [0.3, 0.4) is 0 Å². The number of rotatable bonds is 0. The zero-order valence-corrected chi connectivity index (χ0v) is 2.02. The molecule has 0 saturated carbocycles. The predicted molar refractivity (Wildman–Crippen MR) is 9.14 cm³/mol. The Bertz CT molecular complexity index is 27.0. The second-order valence-corrected chi connectivity index (χ2v) is 0.372. The van der Waals surface area contributed by atoms with Gasteiger partial charge in [-0.25, -0.2) is 5.95 Å². The molecule has 4 heavy (non-hydrogen) atoms. The lowest BCUT2D eigenvalue weighted by Gasteiger charge is -2.10. The van der Waals surface area contributed by atoms with Crippen LogP contribution < -0.4 is 10.2 Å². The topological polar surface area (TPSA) is 46.1 Å². The fourth-order valence-electron chi connectivity index (χ4n) is 0. The molecule has 0 bridgehead atoms. The van der Waals surface area contributed by atoms with Gasteiger partial charge in [0.25, 0.3) is 0 Å². The van der Waals surface area contributed by atoms with Crippen LogP contribution >= 0.6 is 0 Å². The van der Waals surface area contributed by atoms with E-state index in [1.807, 2.05) is 0 Å². The molecule has 0 aliphatic rings. The maximum absolute atomic E-state index is 8.78. The molecule has 0 aromatic carbocycles. The van der Waals surface area contributed by atoms with E-state index in [1.54, 1.807) is 0 Å². The van der Waals surface area contributed by atoms with E-state index in [2.05, 4.69) is 6.58 Å². The Kier molecular flexibility index (Phi) is 0.641. The largest absolute Gasteiger partial charge is 0.884 e. The highest BCUT2D eigenvalue weighted by Gasteiger charge is 1.16. The summed E-state index contributed by atoms with van der Waals surface area (Å²) in [5.41, 5.74) is 0. The molecule has 0 N–H and O–H groups in total. The highest BCUT2D eigenvalue weighted by atomic mass is 16.5. The van der Waals surface area contributed by atoms with Crippen LogP contribution in [0.4, 0.5) is 0 Å². The smallest absolute Gasteiger partial charge is 0.123 e. The Balaban J connectivity index is 2.80. The molecule has 0 amide bonds. The van der Waals surface area contributed by atoms with Crippen molar-refractivity contribution < 1.29 is 10.2 Å². The molecule has 0 aliphatic heterocycles. The van der Waals surface area contributed by atoms with Crippen LogP contribution in [-0.4, -0.2) is 0 Å². The van der Waals surface area contributed by atoms with Crippen molar-refractivity contribution in [3.05, 3.63) is 12.5 Å². The molecule has 2 nitrogen and oxygen atoms in total. The first kappa shape index (κ1) is 3.34. The van der Waals surface area contributed by atoms with Gasteiger partial charge in [0.05, 0.1) is 0 Å². The van der Waals surface area contributed by atoms with Gasteiger partial charge in [-0.1, -0.05) is 0 Å². The summed E-state index contributed by atoms with van der Waals surface area (Å²) in [5.74, 6) is -1.33. The third-order valence-corrected chi connectivity index (χ3v) is 0. The minimum absolute atomic E-state index is 1.33. The Morgan fingerprint density at radius 2 is 1.50 bits per heavy atom. The average molecular weight is 58.0 g/mol. The van der Waals surface area contributed by atoms with Crippen molar-refractivity contribution in [3.8, 4) is 0 Å². The van der Waals surface area contributed by atoms with Crippen LogP contribution in [0.1, 0.15) is 0 Å². The summed E-state index contributed by atoms with van der Waals surface area (Å²) < 4.78 is 0. The summed E-state index contributed by atoms with van der Waals surface area (Å²) in [6.45, 7) is 2.44. The highest BCUT2D eigenvalue weighted by molar-refractivity contribution is 4.48. The van der Waals surface area contributed by atoms with Crippen molar-refractivity contribution in [1.82, 2.24) is 0 Å². The number of hydrogen-bond acceptors (Lipinski definition) is 2. The van der Waals surface area contributed by atoms with E-state index in [0.717, 1.165) is 0 Å². The molecule has 0 aromatic heterocycles. The average Bonchev–Trinajstić information content (AvgIpc) is 0.811. The van der Waals surface area contributed by atoms with E-state index in [4.69, 9.17) is 10.2 Å². The molecule has 24 valence electrons. The molecule has 0 aliphatic carbocycles. The van der Waals surface area contributed by atoms with Crippen LogP contribution in [0.2, 0.25) is 0 Å². The molecule has 2 heteroatoms. The molecule has 0 heterocycles. The second kappa shape index (κ2) is 0.767. The van der Waals surface area contributed by atoms with E-state index in [0.29, 0.717) is 0 Å². The van der Waals surface area contributed by atoms with Crippen LogP contribution in [0.25, 0.3) is 0 Å². The Hall–Kier alpha value is -0.660. The molecule has 0 radical (unpaired) electrons. The third kappa shape index (κ3) is 0.356. The second-order valence-electron chi connectivity index (χ2n) is 0.372. The fourth-order valence-corrected chi connectivity index (χ4v) is 0. The fraction of sp³-hybridized carbons (Fsp3) is 0. The number of hydrogen-bond donors (Lipinski definition) is 0. The van der Waals surface area contributed by atoms with Crippen LogP contribution in [0.5, 0.6) is 0 Å². The van der Waals surface area contributed by atoms with Gasteiger partial charge in [-0.3, -0.25) is 0 Å². The first-order valence-electron chi connectivity index (χ1n) is 0.762. The molecule has 0 spiro atoms. The van der Waals surface area contributed by atoms with Gasteiger partial charge in [0.2, 0.25) is 0 Å². The molecule has 0 atom stereocenters. The maximum Gasteiger partial charge on any atom is -0.123 e. The van der Waals surface area contributed by atoms with Crippen LogP contribution in [0.15, 0.2) is 12.5 Å². The molecule has 0 rings (SSSR count). The lowest BCUT2D eigenvalue weighted by Crippen LogP contribution is -2.15. The SMILES string of the molecule is C=C([O-])[O-]. The first-order valence-corrected chi connectivity index (χ1v) is 0.762. The van der Waals surface area contributed by atoms with Gasteiger partial charge in [-0.2, -0.15) is 0 Å². The van der Waals surface area contributed by atoms with Crippen LogP contribution in [-0.2, 0) is 0 Å². The standard InChI is InChI=1S/C2H4O2/c1-2(3)4/h3-4H,1H2/p-2. The van der Waals surface area contributed by atoms with Crippen molar-refractivity contribution in [2.24, 2.45) is 0 Å². The van der Waals surface area contributed by atoms with Crippen molar-refractivity contribution in [3.63, 3.8) is 0 Å². The van der Waals surface area contributed by atoms with Gasteiger partial charge in [0.1, 0.15) is 0 Å². The van der Waals surface area contributed by atoms with Crippen molar-refractivity contribution in [1.29, 1.82) is 0 Å². The summed E-state index contributed by atoms with van der Waals surface area (Å²) in [5, 5.41) is 17.6. The third-order valence-electron chi connectivity index (χ3n) is 0. The normalized spacial score (nSPS) is 6.00. The first-order chi connectivity index (χ1) is 1.73. The Morgan fingerprint density at radius 1 is 1.50 bits per heavy atom. The van der Waals surface area contributed by atoms with Crippen molar-refractivity contribution in [2.75, 3.05) is 0 Å². The molecule has 0 saturated heterocycles. The summed E-state index contributed by atoms with van der Waals surface area (Å²) in [6, 6.07) is 0. The monoisotopic (exact) mass is 58.0 g/mol. The minimum atomic E-state index is -1.33. The molecule has 0 unspecified atom stereocenters. The summed E-state index contributed by atoms with van der Waals surface area (Å²) in [6.07, 6.45) is 0. The molecule has 0 fully saturated rings. The molecular weight excluding hydrogens is 56.0 g/mol. The Morgan fingerprint density at radius 3 is 1.50 bits per heavy atom. The zero-order valence-electron chi connectivity index (χ0n) is 2.02. The summed E-state index contributed by atoms with van der Waals surface area (Å²) in [4.78, 5) is 0. The van der Waals surface area contributed by atoms with Gasteiger partial charge in [-0.05, 0) is 0 Å². The predicted octanol–water partition coefficient (Wildman–Crippen LogP) is -1.82. The molecule has 0 aromatic rings. The van der Waals surface area contributed by atoms with Crippen molar-refractivity contribution >= 4 is 0 Å². The minimum Gasteiger partial charge on any atom is -0.884 e. The van der Waals surface area contributed by atoms with E-state index in [-0.39, 0.29) is 0 Å². The Labute approximate surface area is 24.0 Å². The van der Waals surface area contributed by atoms with Gasteiger partial charge >= 0.3 is 0 Å². The highest BCUT2D eigenvalue weighted by Crippen LogP contribution is 1.36. The quantitative estimate of drug-likeness (QED) is 0.308. The lowest BCUT2D eigenvalue weighted by atomic mass is 11.1.